The molecule has 3 aromatic heterocycles. The average Bonchev–Trinajstić information content (AvgIpc) is 3.38. The van der Waals surface area contributed by atoms with Gasteiger partial charge in [-0.1, -0.05) is 18.2 Å². The Balaban J connectivity index is 0.000000142. The molecule has 0 aliphatic carbocycles. The standard InChI is InChI=1S/C14H18N2O.C13H11N3O/c1-15-10-12(11-16-6-8-17-9-7-16)13-4-2-3-5-14(13)15;1-8-4-10-9-2-3-14-6-12(9)16-13(10)11(5-8)15-7-17/h2-5,10H,6-9,11H2,1H3;2-7,16H,1H3,(H,15,17). The Morgan fingerprint density at radius 1 is 1.12 bits per heavy atom. The number of para-hydroxylation sites is 1. The number of amides is 1. The number of ether oxygens (including phenoxy) is 1. The van der Waals surface area contributed by atoms with Crippen LogP contribution in [0.1, 0.15) is 11.1 Å². The maximum atomic E-state index is 10.6. The molecule has 5 aromatic rings. The van der Waals surface area contributed by atoms with Crippen LogP contribution in [0.2, 0.25) is 0 Å². The van der Waals surface area contributed by atoms with E-state index in [-0.39, 0.29) is 0 Å². The van der Waals surface area contributed by atoms with Crippen LogP contribution in [0.4, 0.5) is 5.69 Å². The molecule has 0 radical (unpaired) electrons. The third-order valence-electron chi connectivity index (χ3n) is 6.35. The first-order chi connectivity index (χ1) is 16.6. The van der Waals surface area contributed by atoms with Crippen LogP contribution in [-0.2, 0) is 23.1 Å². The summed E-state index contributed by atoms with van der Waals surface area (Å²) in [6, 6.07) is 14.6. The number of morpholine rings is 1. The normalized spacial score (nSPS) is 14.3. The number of benzene rings is 2. The zero-order valence-electron chi connectivity index (χ0n) is 19.5. The summed E-state index contributed by atoms with van der Waals surface area (Å²) in [7, 11) is 2.12. The van der Waals surface area contributed by atoms with Crippen molar-refractivity contribution in [3.63, 3.8) is 0 Å². The number of H-pyrrole nitrogens is 1. The van der Waals surface area contributed by atoms with E-state index >= 15 is 0 Å². The molecule has 0 spiro atoms. The van der Waals surface area contributed by atoms with Crippen molar-refractivity contribution in [3.8, 4) is 0 Å². The molecule has 2 aromatic carbocycles. The minimum atomic E-state index is 0.692. The number of pyridine rings is 1. The Morgan fingerprint density at radius 3 is 2.76 bits per heavy atom. The molecular formula is C27H29N5O2. The van der Waals surface area contributed by atoms with Crippen LogP contribution >= 0.6 is 0 Å². The Kier molecular flexibility index (Phi) is 6.29. The van der Waals surface area contributed by atoms with E-state index in [1.165, 1.54) is 16.5 Å². The number of nitrogens with zero attached hydrogens (tertiary/aromatic N) is 3. The molecule has 1 aliphatic heterocycles. The summed E-state index contributed by atoms with van der Waals surface area (Å²) in [6.45, 7) is 6.86. The van der Waals surface area contributed by atoms with Crippen molar-refractivity contribution in [1.29, 1.82) is 0 Å². The molecule has 6 rings (SSSR count). The third kappa shape index (κ3) is 4.40. The average molecular weight is 456 g/mol. The van der Waals surface area contributed by atoms with Gasteiger partial charge in [0.25, 0.3) is 0 Å². The van der Waals surface area contributed by atoms with Crippen LogP contribution in [0.3, 0.4) is 0 Å². The lowest BCUT2D eigenvalue weighted by atomic mass is 10.1. The van der Waals surface area contributed by atoms with Crippen molar-refractivity contribution in [2.45, 2.75) is 13.5 Å². The Morgan fingerprint density at radius 2 is 1.94 bits per heavy atom. The van der Waals surface area contributed by atoms with Gasteiger partial charge in [-0.05, 0) is 42.3 Å². The number of hydrogen-bond donors (Lipinski definition) is 2. The fraction of sp³-hybridized carbons (Fsp3) is 0.259. The summed E-state index contributed by atoms with van der Waals surface area (Å²) in [5, 5.41) is 6.32. The summed E-state index contributed by atoms with van der Waals surface area (Å²) in [6.07, 6.45) is 6.50. The van der Waals surface area contributed by atoms with E-state index in [9.17, 15) is 4.79 Å². The molecular weight excluding hydrogens is 426 g/mol. The molecule has 1 fully saturated rings. The van der Waals surface area contributed by atoms with Gasteiger partial charge in [-0.3, -0.25) is 14.7 Å². The van der Waals surface area contributed by atoms with Crippen LogP contribution < -0.4 is 5.32 Å². The summed E-state index contributed by atoms with van der Waals surface area (Å²) in [5.41, 5.74) is 6.55. The van der Waals surface area contributed by atoms with Crippen molar-refractivity contribution in [2.24, 2.45) is 7.05 Å². The highest BCUT2D eigenvalue weighted by Gasteiger charge is 2.13. The zero-order valence-corrected chi connectivity index (χ0v) is 19.5. The number of aromatic nitrogens is 3. The summed E-state index contributed by atoms with van der Waals surface area (Å²) in [5.74, 6) is 0. The predicted molar refractivity (Wildman–Crippen MR) is 137 cm³/mol. The monoisotopic (exact) mass is 455 g/mol. The van der Waals surface area contributed by atoms with Gasteiger partial charge in [-0.2, -0.15) is 0 Å². The van der Waals surface area contributed by atoms with Crippen molar-refractivity contribution in [2.75, 3.05) is 31.6 Å². The Bertz CT molecular complexity index is 1450. The Hall–Kier alpha value is -3.68. The topological polar surface area (TPSA) is 75.2 Å². The molecule has 7 nitrogen and oxygen atoms in total. The summed E-state index contributed by atoms with van der Waals surface area (Å²) < 4.78 is 7.60. The SMILES string of the molecule is Cc1cc(NC=O)c2[nH]c3cnccc3c2c1.Cn1cc(CN2CCOCC2)c2ccccc21. The third-order valence-corrected chi connectivity index (χ3v) is 6.35. The smallest absolute Gasteiger partial charge is 0.211 e. The van der Waals surface area contributed by atoms with Gasteiger partial charge in [0.15, 0.2) is 0 Å². The number of aromatic amines is 1. The highest BCUT2D eigenvalue weighted by molar-refractivity contribution is 6.12. The van der Waals surface area contributed by atoms with E-state index < -0.39 is 0 Å². The van der Waals surface area contributed by atoms with Gasteiger partial charge in [-0.25, -0.2) is 0 Å². The first kappa shape index (κ1) is 22.1. The second-order valence-electron chi connectivity index (χ2n) is 8.71. The highest BCUT2D eigenvalue weighted by atomic mass is 16.5. The molecule has 1 saturated heterocycles. The molecule has 2 N–H and O–H groups in total. The number of aryl methyl sites for hydroxylation is 2. The van der Waals surface area contributed by atoms with Gasteiger partial charge in [0.05, 0.1) is 36.1 Å². The molecule has 7 heteroatoms. The van der Waals surface area contributed by atoms with E-state index in [0.29, 0.717) is 6.41 Å². The zero-order chi connectivity index (χ0) is 23.5. The minimum absolute atomic E-state index is 0.692. The van der Waals surface area contributed by atoms with Gasteiger partial charge < -0.3 is 19.6 Å². The van der Waals surface area contributed by atoms with Gasteiger partial charge in [0.2, 0.25) is 6.41 Å². The van der Waals surface area contributed by atoms with Gasteiger partial charge >= 0.3 is 0 Å². The fourth-order valence-corrected chi connectivity index (χ4v) is 4.73. The number of anilines is 1. The minimum Gasteiger partial charge on any atom is -0.379 e. The van der Waals surface area contributed by atoms with Gasteiger partial charge in [0, 0.05) is 60.8 Å². The number of rotatable bonds is 4. The first-order valence-corrected chi connectivity index (χ1v) is 11.5. The molecule has 34 heavy (non-hydrogen) atoms. The number of carbonyl (C=O) groups is 1. The van der Waals surface area contributed by atoms with Crippen LogP contribution in [0, 0.1) is 6.92 Å². The van der Waals surface area contributed by atoms with Crippen molar-refractivity contribution < 1.29 is 9.53 Å². The number of carbonyl (C=O) groups excluding carboxylic acids is 1. The van der Waals surface area contributed by atoms with Crippen molar-refractivity contribution in [3.05, 3.63) is 72.2 Å². The fourth-order valence-electron chi connectivity index (χ4n) is 4.73. The molecule has 0 atom stereocenters. The lowest BCUT2D eigenvalue weighted by Gasteiger charge is -2.26. The number of nitrogens with one attached hydrogen (secondary N) is 2. The lowest BCUT2D eigenvalue weighted by Crippen LogP contribution is -2.35. The van der Waals surface area contributed by atoms with Crippen molar-refractivity contribution >= 4 is 44.8 Å². The van der Waals surface area contributed by atoms with E-state index in [4.69, 9.17) is 4.74 Å². The van der Waals surface area contributed by atoms with Crippen LogP contribution in [0.25, 0.3) is 32.7 Å². The highest BCUT2D eigenvalue weighted by Crippen LogP contribution is 2.31. The molecule has 1 aliphatic rings. The predicted octanol–water partition coefficient (Wildman–Crippen LogP) is 4.60. The molecule has 174 valence electrons. The number of hydrogen-bond acceptors (Lipinski definition) is 4. The molecule has 1 amide bonds. The van der Waals surface area contributed by atoms with Gasteiger partial charge in [0.1, 0.15) is 0 Å². The summed E-state index contributed by atoms with van der Waals surface area (Å²) in [4.78, 5) is 20.4. The lowest BCUT2D eigenvalue weighted by molar-refractivity contribution is -0.105. The van der Waals surface area contributed by atoms with Crippen LogP contribution in [0.15, 0.2) is 61.1 Å². The molecule has 0 saturated carbocycles. The van der Waals surface area contributed by atoms with E-state index in [1.54, 1.807) is 12.4 Å². The molecule has 0 unspecified atom stereocenters. The maximum absolute atomic E-state index is 10.6. The van der Waals surface area contributed by atoms with E-state index in [0.717, 1.165) is 65.9 Å². The Labute approximate surface area is 198 Å². The largest absolute Gasteiger partial charge is 0.379 e. The second-order valence-corrected chi connectivity index (χ2v) is 8.71. The van der Waals surface area contributed by atoms with E-state index in [1.807, 2.05) is 19.1 Å². The van der Waals surface area contributed by atoms with Gasteiger partial charge in [-0.15, -0.1) is 0 Å². The maximum Gasteiger partial charge on any atom is 0.211 e. The van der Waals surface area contributed by atoms with E-state index in [2.05, 4.69) is 68.3 Å². The van der Waals surface area contributed by atoms with Crippen LogP contribution in [-0.4, -0.2) is 52.1 Å². The number of fused-ring (bicyclic) bond motifs is 4. The second kappa shape index (κ2) is 9.67. The van der Waals surface area contributed by atoms with Crippen molar-refractivity contribution in [1.82, 2.24) is 19.4 Å². The quantitative estimate of drug-likeness (QED) is 0.388. The van der Waals surface area contributed by atoms with Crippen LogP contribution in [0.5, 0.6) is 0 Å². The molecule has 0 bridgehead atoms. The molecule has 4 heterocycles. The first-order valence-electron chi connectivity index (χ1n) is 11.5. The summed E-state index contributed by atoms with van der Waals surface area (Å²) >= 11 is 0.